The molecule has 1 rings (SSSR count). The number of rotatable bonds is 1. The molecule has 1 aliphatic rings. The number of aliphatic hydroxyl groups excluding tert-OH is 1. The third-order valence-corrected chi connectivity index (χ3v) is 1.98. The van der Waals surface area contributed by atoms with Crippen LogP contribution in [0.4, 0.5) is 0 Å². The van der Waals surface area contributed by atoms with Gasteiger partial charge in [-0.15, -0.1) is 0 Å². The summed E-state index contributed by atoms with van der Waals surface area (Å²) in [5, 5.41) is 8.69. The fourth-order valence-corrected chi connectivity index (χ4v) is 1.37. The van der Waals surface area contributed by atoms with Crippen LogP contribution in [-0.2, 0) is 0 Å². The molecule has 0 amide bonds. The summed E-state index contributed by atoms with van der Waals surface area (Å²) in [5.74, 6) is 0.642. The Balaban J connectivity index is -0.000000213. The molecule has 0 bridgehead atoms. The number of hydrogen-bond donors (Lipinski definition) is 1. The van der Waals surface area contributed by atoms with Crippen LogP contribution >= 0.6 is 0 Å². The van der Waals surface area contributed by atoms with Gasteiger partial charge in [0.15, 0.2) is 0 Å². The van der Waals surface area contributed by atoms with Crippen LogP contribution < -0.4 is 0 Å². The predicted molar refractivity (Wildman–Crippen MR) is 46.5 cm³/mol. The first-order valence-electron chi connectivity index (χ1n) is 3.54. The molecule has 0 aromatic rings. The monoisotopic (exact) mass is 289 g/mol. The van der Waals surface area contributed by atoms with E-state index in [4.69, 9.17) is 5.11 Å². The molecule has 2 heteroatoms. The SMILES string of the molecule is OCC1CCCCC1.[CH3-].[CH3-].[Pm]. The Kier molecular flexibility index (Phi) is 18.6. The summed E-state index contributed by atoms with van der Waals surface area (Å²) >= 11 is 0. The van der Waals surface area contributed by atoms with Crippen molar-refractivity contribution >= 4 is 0 Å². The molecule has 1 nitrogen and oxygen atoms in total. The van der Waals surface area contributed by atoms with Crippen molar-refractivity contribution in [2.75, 3.05) is 6.61 Å². The van der Waals surface area contributed by atoms with Gasteiger partial charge in [0.2, 0.25) is 0 Å². The van der Waals surface area contributed by atoms with E-state index in [-0.39, 0.29) is 55.2 Å². The molecule has 0 unspecified atom stereocenters. The van der Waals surface area contributed by atoms with Gasteiger partial charge in [0.1, 0.15) is 0 Å². The average molecular weight is 289 g/mol. The van der Waals surface area contributed by atoms with Crippen molar-refractivity contribution in [2.45, 2.75) is 32.1 Å². The molecule has 0 saturated heterocycles. The minimum absolute atomic E-state index is 0. The van der Waals surface area contributed by atoms with E-state index in [2.05, 4.69) is 0 Å². The van der Waals surface area contributed by atoms with Crippen LogP contribution in [0.25, 0.3) is 0 Å². The maximum atomic E-state index is 8.69. The first-order chi connectivity index (χ1) is 3.93. The summed E-state index contributed by atoms with van der Waals surface area (Å²) in [6, 6.07) is 0. The molecule has 0 heterocycles. The molecule has 1 radical (unpaired) electrons. The van der Waals surface area contributed by atoms with Gasteiger partial charge in [0, 0.05) is 47.0 Å². The Morgan fingerprint density at radius 3 is 1.73 bits per heavy atom. The Morgan fingerprint density at radius 2 is 1.45 bits per heavy atom. The van der Waals surface area contributed by atoms with Crippen LogP contribution in [0.15, 0.2) is 0 Å². The predicted octanol–water partition coefficient (Wildman–Crippen LogP) is 2.46. The second kappa shape index (κ2) is 11.3. The van der Waals surface area contributed by atoms with Gasteiger partial charge in [0.25, 0.3) is 0 Å². The van der Waals surface area contributed by atoms with Crippen LogP contribution in [-0.4, -0.2) is 11.7 Å². The molecule has 1 N–H and O–H groups in total. The minimum atomic E-state index is 0. The van der Waals surface area contributed by atoms with Gasteiger partial charge in [-0.25, -0.2) is 0 Å². The largest absolute Gasteiger partial charge is 0.396 e. The summed E-state index contributed by atoms with van der Waals surface area (Å²) in [6.45, 7) is 0.417. The molecule has 0 aromatic carbocycles. The van der Waals surface area contributed by atoms with Crippen molar-refractivity contribution in [3.63, 3.8) is 0 Å². The van der Waals surface area contributed by atoms with Crippen molar-refractivity contribution in [1.82, 2.24) is 0 Å². The van der Waals surface area contributed by atoms with Crippen molar-refractivity contribution in [1.29, 1.82) is 0 Å². The smallest absolute Gasteiger partial charge is 0.0459 e. The second-order valence-corrected chi connectivity index (χ2v) is 2.69. The number of hydrogen-bond acceptors (Lipinski definition) is 1. The van der Waals surface area contributed by atoms with Gasteiger partial charge in [-0.2, -0.15) is 0 Å². The van der Waals surface area contributed by atoms with Gasteiger partial charge < -0.3 is 20.0 Å². The van der Waals surface area contributed by atoms with E-state index in [0.717, 1.165) is 0 Å². The third-order valence-electron chi connectivity index (χ3n) is 1.98. The van der Waals surface area contributed by atoms with E-state index in [1.54, 1.807) is 0 Å². The van der Waals surface area contributed by atoms with Gasteiger partial charge in [-0.3, -0.25) is 0 Å². The van der Waals surface area contributed by atoms with Crippen molar-refractivity contribution < 1.29 is 45.5 Å². The van der Waals surface area contributed by atoms with Gasteiger partial charge in [0.05, 0.1) is 0 Å². The molecule has 11 heavy (non-hydrogen) atoms. The normalized spacial score (nSPS) is 17.2. The summed E-state index contributed by atoms with van der Waals surface area (Å²) in [4.78, 5) is 0. The van der Waals surface area contributed by atoms with Crippen LogP contribution in [0, 0.1) is 61.2 Å². The maximum absolute atomic E-state index is 8.69. The van der Waals surface area contributed by atoms with Gasteiger partial charge in [-0.05, 0) is 18.8 Å². The topological polar surface area (TPSA) is 20.2 Å². The fourth-order valence-electron chi connectivity index (χ4n) is 1.37. The zero-order valence-corrected chi connectivity index (χ0v) is 10.6. The number of aliphatic hydroxyl groups is 1. The second-order valence-electron chi connectivity index (χ2n) is 2.69. The van der Waals surface area contributed by atoms with E-state index in [9.17, 15) is 0 Å². The Bertz CT molecular complexity index is 60.6. The Labute approximate surface area is 104 Å². The quantitative estimate of drug-likeness (QED) is 0.735. The Morgan fingerprint density at radius 1 is 1.00 bits per heavy atom. The first kappa shape index (κ1) is 18.2. The molecule has 0 atom stereocenters. The molecular formula is C9H20OPm-2. The molecule has 0 spiro atoms. The van der Waals surface area contributed by atoms with Crippen molar-refractivity contribution in [3.8, 4) is 0 Å². The van der Waals surface area contributed by atoms with E-state index in [1.165, 1.54) is 32.1 Å². The molecule has 0 aromatic heterocycles. The van der Waals surface area contributed by atoms with Crippen LogP contribution in [0.5, 0.6) is 0 Å². The third kappa shape index (κ3) is 7.65. The summed E-state index contributed by atoms with van der Waals surface area (Å²) in [6.07, 6.45) is 6.58. The minimum Gasteiger partial charge on any atom is -0.396 e. The van der Waals surface area contributed by atoms with E-state index in [0.29, 0.717) is 12.5 Å². The zero-order valence-electron chi connectivity index (χ0n) is 7.71. The van der Waals surface area contributed by atoms with E-state index >= 15 is 0 Å². The van der Waals surface area contributed by atoms with Crippen molar-refractivity contribution in [3.05, 3.63) is 14.9 Å². The average Bonchev–Trinajstić information content (AvgIpc) is 1.90. The molecule has 1 fully saturated rings. The fraction of sp³-hybridized carbons (Fsp3) is 0.778. The molecule has 0 aliphatic heterocycles. The molecule has 69 valence electrons. The van der Waals surface area contributed by atoms with Crippen molar-refractivity contribution in [2.24, 2.45) is 5.92 Å². The zero-order chi connectivity index (χ0) is 5.82. The van der Waals surface area contributed by atoms with E-state index < -0.39 is 0 Å². The summed E-state index contributed by atoms with van der Waals surface area (Å²) in [7, 11) is 0. The van der Waals surface area contributed by atoms with Crippen LogP contribution in [0.2, 0.25) is 0 Å². The standard InChI is InChI=1S/C7H14O.2CH3.Pm/c8-6-7-4-2-1-3-5-7;;;/h7-8H,1-6H2;2*1H3;/q;2*-1;. The molecular weight excluding hydrogens is 269 g/mol. The Hall–Kier alpha value is 1.30. The molecule has 1 saturated carbocycles. The van der Waals surface area contributed by atoms with Gasteiger partial charge in [-0.1, -0.05) is 19.3 Å². The maximum Gasteiger partial charge on any atom is 0.0459 e. The van der Waals surface area contributed by atoms with E-state index in [1.807, 2.05) is 0 Å². The van der Waals surface area contributed by atoms with Crippen LogP contribution in [0.3, 0.4) is 0 Å². The summed E-state index contributed by atoms with van der Waals surface area (Å²) in [5.41, 5.74) is 0. The molecule has 1 aliphatic carbocycles. The van der Waals surface area contributed by atoms with Crippen LogP contribution in [0.1, 0.15) is 32.1 Å². The first-order valence-corrected chi connectivity index (χ1v) is 3.54. The van der Waals surface area contributed by atoms with Gasteiger partial charge >= 0.3 is 0 Å². The summed E-state index contributed by atoms with van der Waals surface area (Å²) < 4.78 is 0.